The monoisotopic (exact) mass is 384 g/mol. The smallest absolute Gasteiger partial charge is 0.187 e. The number of hydrogen-bond donors (Lipinski definition) is 0. The molecule has 144 valence electrons. The number of fused-ring (bicyclic) bond motifs is 1. The quantitative estimate of drug-likeness (QED) is 0.597. The number of likely N-dealkylation sites (tertiary alicyclic amines) is 1. The van der Waals surface area contributed by atoms with Crippen LogP contribution in [0.1, 0.15) is 29.5 Å². The van der Waals surface area contributed by atoms with Crippen LogP contribution in [0.3, 0.4) is 0 Å². The molecule has 0 aliphatic carbocycles. The molecule has 3 heterocycles. The Balaban J connectivity index is 1.61. The summed E-state index contributed by atoms with van der Waals surface area (Å²) in [5.41, 5.74) is 3.62. The molecular weight excluding hydrogens is 356 g/mol. The van der Waals surface area contributed by atoms with E-state index in [-0.39, 0.29) is 5.60 Å². The first-order valence-electron chi connectivity index (χ1n) is 9.60. The van der Waals surface area contributed by atoms with E-state index in [9.17, 15) is 0 Å². The maximum Gasteiger partial charge on any atom is 0.187 e. The summed E-state index contributed by atoms with van der Waals surface area (Å²) in [6, 6.07) is 6.58. The van der Waals surface area contributed by atoms with E-state index in [0.29, 0.717) is 0 Å². The summed E-state index contributed by atoms with van der Waals surface area (Å²) in [4.78, 5) is 13.8. The molecule has 4 rings (SSSR count). The van der Waals surface area contributed by atoms with Crippen molar-refractivity contribution in [3.05, 3.63) is 47.3 Å². The number of nitrogens with zero attached hydrogens (tertiary/aromatic N) is 4. The minimum absolute atomic E-state index is 0.104. The number of benzene rings is 1. The van der Waals surface area contributed by atoms with Crippen molar-refractivity contribution in [2.75, 3.05) is 32.9 Å². The molecule has 2 aliphatic rings. The molecule has 1 spiro atoms. The average Bonchev–Trinajstić information content (AvgIpc) is 2.81. The second kappa shape index (κ2) is 7.78. The summed E-state index contributed by atoms with van der Waals surface area (Å²) in [7, 11) is 2.20. The maximum absolute atomic E-state index is 6.69. The van der Waals surface area contributed by atoms with Gasteiger partial charge < -0.3 is 9.64 Å². The second-order valence-corrected chi connectivity index (χ2v) is 8.70. The Morgan fingerprint density at radius 2 is 1.93 bits per heavy atom. The van der Waals surface area contributed by atoms with Gasteiger partial charge in [-0.2, -0.15) is 0 Å². The first kappa shape index (κ1) is 18.7. The molecule has 0 radical (unpaired) electrons. The van der Waals surface area contributed by atoms with Gasteiger partial charge in [-0.15, -0.1) is 0 Å². The van der Waals surface area contributed by atoms with Gasteiger partial charge in [0, 0.05) is 69.1 Å². The zero-order valence-electron chi connectivity index (χ0n) is 16.4. The highest BCUT2D eigenvalue weighted by Gasteiger charge is 2.40. The van der Waals surface area contributed by atoms with Crippen LogP contribution in [-0.4, -0.2) is 58.3 Å². The lowest BCUT2D eigenvalue weighted by Gasteiger charge is -2.42. The van der Waals surface area contributed by atoms with E-state index in [4.69, 9.17) is 4.74 Å². The number of rotatable bonds is 3. The standard InChI is InChI=1S/C21H28N4OS/c1-16-4-5-19-18(10-16)14-25(13-17-11-22-20(27-3)23-12-17)15-21(26-19)6-8-24(2)9-7-21/h4-5,10-12H,6-9,13-15H2,1-3H3. The summed E-state index contributed by atoms with van der Waals surface area (Å²) in [5.74, 6) is 1.06. The summed E-state index contributed by atoms with van der Waals surface area (Å²) in [6.45, 7) is 7.01. The summed E-state index contributed by atoms with van der Waals surface area (Å²) in [6.07, 6.45) is 8.06. The van der Waals surface area contributed by atoms with Gasteiger partial charge in [0.25, 0.3) is 0 Å². The van der Waals surface area contributed by atoms with E-state index in [1.54, 1.807) is 11.8 Å². The van der Waals surface area contributed by atoms with Crippen LogP contribution in [0.2, 0.25) is 0 Å². The molecular formula is C21H28N4OS. The average molecular weight is 385 g/mol. The van der Waals surface area contributed by atoms with Crippen LogP contribution in [0.15, 0.2) is 35.7 Å². The molecule has 6 heteroatoms. The Bertz CT molecular complexity index is 787. The zero-order valence-corrected chi connectivity index (χ0v) is 17.3. The SMILES string of the molecule is CSc1ncc(CN2Cc3cc(C)ccc3OC3(CCN(C)CC3)C2)cn1. The van der Waals surface area contributed by atoms with Crippen LogP contribution in [0.5, 0.6) is 5.75 Å². The fourth-order valence-electron chi connectivity index (χ4n) is 4.09. The number of ether oxygens (including phenoxy) is 1. The Kier molecular flexibility index (Phi) is 5.39. The van der Waals surface area contributed by atoms with Crippen molar-refractivity contribution in [3.63, 3.8) is 0 Å². The topological polar surface area (TPSA) is 41.5 Å². The molecule has 2 aromatic rings. The van der Waals surface area contributed by atoms with Gasteiger partial charge in [0.15, 0.2) is 5.16 Å². The highest BCUT2D eigenvalue weighted by atomic mass is 32.2. The molecule has 0 amide bonds. The van der Waals surface area contributed by atoms with E-state index >= 15 is 0 Å². The normalized spacial score (nSPS) is 20.1. The van der Waals surface area contributed by atoms with Gasteiger partial charge >= 0.3 is 0 Å². The molecule has 0 bridgehead atoms. The van der Waals surface area contributed by atoms with Crippen LogP contribution in [0.25, 0.3) is 0 Å². The van der Waals surface area contributed by atoms with Gasteiger partial charge in [-0.25, -0.2) is 9.97 Å². The molecule has 2 aliphatic heterocycles. The van der Waals surface area contributed by atoms with E-state index in [0.717, 1.165) is 62.0 Å². The molecule has 0 atom stereocenters. The van der Waals surface area contributed by atoms with Gasteiger partial charge in [-0.1, -0.05) is 29.5 Å². The van der Waals surface area contributed by atoms with Crippen LogP contribution in [0.4, 0.5) is 0 Å². The molecule has 5 nitrogen and oxygen atoms in total. The fourth-order valence-corrected chi connectivity index (χ4v) is 4.40. The molecule has 0 N–H and O–H groups in total. The van der Waals surface area contributed by atoms with E-state index in [1.165, 1.54) is 11.1 Å². The first-order chi connectivity index (χ1) is 13.0. The van der Waals surface area contributed by atoms with Gasteiger partial charge in [-0.3, -0.25) is 4.90 Å². The number of aryl methyl sites for hydroxylation is 1. The maximum atomic E-state index is 6.69. The molecule has 1 aromatic carbocycles. The summed E-state index contributed by atoms with van der Waals surface area (Å²) in [5, 5.41) is 0.825. The van der Waals surface area contributed by atoms with Crippen molar-refractivity contribution in [2.24, 2.45) is 0 Å². The lowest BCUT2D eigenvalue weighted by molar-refractivity contribution is -0.0146. The lowest BCUT2D eigenvalue weighted by atomic mass is 9.90. The van der Waals surface area contributed by atoms with Crippen molar-refractivity contribution in [3.8, 4) is 5.75 Å². The molecule has 1 saturated heterocycles. The van der Waals surface area contributed by atoms with Crippen LogP contribution >= 0.6 is 11.8 Å². The largest absolute Gasteiger partial charge is 0.486 e. The van der Waals surface area contributed by atoms with Gasteiger partial charge in [0.2, 0.25) is 0 Å². The Morgan fingerprint density at radius 1 is 1.19 bits per heavy atom. The third-order valence-electron chi connectivity index (χ3n) is 5.62. The molecule has 0 unspecified atom stereocenters. The third-order valence-corrected chi connectivity index (χ3v) is 6.19. The molecule has 27 heavy (non-hydrogen) atoms. The van der Waals surface area contributed by atoms with Crippen molar-refractivity contribution < 1.29 is 4.74 Å². The Hall–Kier alpha value is -1.63. The fraction of sp³-hybridized carbons (Fsp3) is 0.524. The van der Waals surface area contributed by atoms with Crippen LogP contribution in [0, 0.1) is 6.92 Å². The third kappa shape index (κ3) is 4.28. The van der Waals surface area contributed by atoms with Crippen molar-refractivity contribution in [2.45, 2.75) is 43.6 Å². The number of aromatic nitrogens is 2. The van der Waals surface area contributed by atoms with Crippen LogP contribution in [-0.2, 0) is 13.1 Å². The predicted molar refractivity (Wildman–Crippen MR) is 109 cm³/mol. The number of thioether (sulfide) groups is 1. The lowest BCUT2D eigenvalue weighted by Crippen LogP contribution is -2.52. The van der Waals surface area contributed by atoms with Crippen molar-refractivity contribution >= 4 is 11.8 Å². The van der Waals surface area contributed by atoms with Gasteiger partial charge in [0.1, 0.15) is 11.4 Å². The second-order valence-electron chi connectivity index (χ2n) is 7.92. The van der Waals surface area contributed by atoms with Gasteiger partial charge in [-0.05, 0) is 26.3 Å². The van der Waals surface area contributed by atoms with E-state index < -0.39 is 0 Å². The Morgan fingerprint density at radius 3 is 2.63 bits per heavy atom. The first-order valence-corrected chi connectivity index (χ1v) is 10.8. The number of piperidine rings is 1. The highest BCUT2D eigenvalue weighted by molar-refractivity contribution is 7.98. The summed E-state index contributed by atoms with van der Waals surface area (Å²) < 4.78 is 6.69. The molecule has 0 saturated carbocycles. The molecule has 1 aromatic heterocycles. The minimum Gasteiger partial charge on any atom is -0.486 e. The summed E-state index contributed by atoms with van der Waals surface area (Å²) >= 11 is 1.58. The van der Waals surface area contributed by atoms with Crippen molar-refractivity contribution in [1.29, 1.82) is 0 Å². The predicted octanol–water partition coefficient (Wildman–Crippen LogP) is 3.37. The van der Waals surface area contributed by atoms with E-state index in [1.807, 2.05) is 18.6 Å². The van der Waals surface area contributed by atoms with E-state index in [2.05, 4.69) is 51.9 Å². The Labute approximate surface area is 166 Å². The van der Waals surface area contributed by atoms with Gasteiger partial charge in [0.05, 0.1) is 0 Å². The van der Waals surface area contributed by atoms with Crippen molar-refractivity contribution in [1.82, 2.24) is 19.8 Å². The highest BCUT2D eigenvalue weighted by Crippen LogP contribution is 2.36. The number of hydrogen-bond acceptors (Lipinski definition) is 6. The zero-order chi connectivity index (χ0) is 18.9. The molecule has 1 fully saturated rings. The minimum atomic E-state index is -0.104. The van der Waals surface area contributed by atoms with Crippen LogP contribution < -0.4 is 4.74 Å².